The molecule has 0 aliphatic carbocycles. The number of Topliss-reactive ketones (excluding diaryl/α,β-unsaturated/α-hetero) is 1. The Hall–Kier alpha value is -1.70. The molecule has 0 unspecified atom stereocenters. The molecule has 0 fully saturated rings. The number of hydrogen-bond donors (Lipinski definition) is 0. The minimum absolute atomic E-state index is 0.0864. The van der Waals surface area contributed by atoms with E-state index < -0.39 is 0 Å². The number of allylic oxidation sites excluding steroid dienone is 2. The number of hydrogen-bond acceptors (Lipinski definition) is 2. The second-order valence-electron chi connectivity index (χ2n) is 3.61. The van der Waals surface area contributed by atoms with Crippen molar-refractivity contribution in [2.24, 2.45) is 0 Å². The lowest BCUT2D eigenvalue weighted by molar-refractivity contribution is -0.114. The third-order valence-electron chi connectivity index (χ3n) is 2.28. The molecule has 2 nitrogen and oxygen atoms in total. The minimum atomic E-state index is 0.0864. The van der Waals surface area contributed by atoms with Gasteiger partial charge in [-0.3, -0.25) is 9.59 Å². The fourth-order valence-electron chi connectivity index (χ4n) is 1.46. The largest absolute Gasteiger partial charge is 0.295 e. The van der Waals surface area contributed by atoms with Gasteiger partial charge in [0, 0.05) is 18.4 Å². The minimum Gasteiger partial charge on any atom is -0.295 e. The first-order chi connectivity index (χ1) is 7.74. The summed E-state index contributed by atoms with van der Waals surface area (Å²) < 4.78 is 0. The van der Waals surface area contributed by atoms with Gasteiger partial charge in [0.05, 0.1) is 0 Å². The van der Waals surface area contributed by atoms with Gasteiger partial charge < -0.3 is 0 Å². The average Bonchev–Trinajstić information content (AvgIpc) is 2.30. The Balaban J connectivity index is 2.34. The first kappa shape index (κ1) is 12.4. The highest BCUT2D eigenvalue weighted by Crippen LogP contribution is 2.07. The van der Waals surface area contributed by atoms with Crippen molar-refractivity contribution in [1.29, 1.82) is 0 Å². The van der Waals surface area contributed by atoms with Crippen molar-refractivity contribution in [3.05, 3.63) is 48.0 Å². The van der Waals surface area contributed by atoms with Crippen LogP contribution >= 0.6 is 0 Å². The van der Waals surface area contributed by atoms with Crippen LogP contribution in [0.1, 0.15) is 36.5 Å². The normalized spacial score (nSPS) is 10.6. The van der Waals surface area contributed by atoms with Crippen LogP contribution < -0.4 is 0 Å². The van der Waals surface area contributed by atoms with E-state index in [1.54, 1.807) is 24.3 Å². The highest BCUT2D eigenvalue weighted by Gasteiger charge is 2.05. The van der Waals surface area contributed by atoms with E-state index in [0.29, 0.717) is 19.3 Å². The number of carbonyl (C=O) groups is 2. The lowest BCUT2D eigenvalue weighted by Crippen LogP contribution is -2.00. The SMILES string of the molecule is C/C=C/C(=O)CCCC(=O)c1ccccc1. The van der Waals surface area contributed by atoms with Crippen molar-refractivity contribution in [3.8, 4) is 0 Å². The fourth-order valence-corrected chi connectivity index (χ4v) is 1.46. The van der Waals surface area contributed by atoms with Crippen LogP contribution in [0.2, 0.25) is 0 Å². The molecule has 1 aromatic rings. The predicted octanol–water partition coefficient (Wildman–Crippen LogP) is 3.18. The summed E-state index contributed by atoms with van der Waals surface area (Å²) in [5.41, 5.74) is 0.723. The average molecular weight is 216 g/mol. The zero-order valence-electron chi connectivity index (χ0n) is 9.48. The van der Waals surface area contributed by atoms with E-state index in [9.17, 15) is 9.59 Å². The topological polar surface area (TPSA) is 34.1 Å². The van der Waals surface area contributed by atoms with E-state index in [-0.39, 0.29) is 11.6 Å². The summed E-state index contributed by atoms with van der Waals surface area (Å²) in [6.45, 7) is 1.81. The van der Waals surface area contributed by atoms with Crippen molar-refractivity contribution in [1.82, 2.24) is 0 Å². The number of rotatable bonds is 6. The second-order valence-corrected chi connectivity index (χ2v) is 3.61. The predicted molar refractivity (Wildman–Crippen MR) is 64.4 cm³/mol. The second kappa shape index (κ2) is 6.72. The van der Waals surface area contributed by atoms with Crippen LogP contribution in [0, 0.1) is 0 Å². The van der Waals surface area contributed by atoms with Gasteiger partial charge in [-0.2, -0.15) is 0 Å². The lowest BCUT2D eigenvalue weighted by Gasteiger charge is -1.99. The number of ketones is 2. The summed E-state index contributed by atoms with van der Waals surface area (Å²) in [6.07, 6.45) is 4.78. The molecular weight excluding hydrogens is 200 g/mol. The van der Waals surface area contributed by atoms with Crippen LogP contribution in [0.5, 0.6) is 0 Å². The van der Waals surface area contributed by atoms with Gasteiger partial charge in [-0.25, -0.2) is 0 Å². The van der Waals surface area contributed by atoms with E-state index >= 15 is 0 Å². The molecule has 0 aliphatic heterocycles. The highest BCUT2D eigenvalue weighted by atomic mass is 16.1. The summed E-state index contributed by atoms with van der Waals surface area (Å²) in [5, 5.41) is 0. The molecule has 0 saturated heterocycles. The van der Waals surface area contributed by atoms with Crippen molar-refractivity contribution in [2.75, 3.05) is 0 Å². The molecule has 0 amide bonds. The van der Waals surface area contributed by atoms with Crippen LogP contribution in [0.3, 0.4) is 0 Å². The number of benzene rings is 1. The van der Waals surface area contributed by atoms with E-state index in [1.165, 1.54) is 0 Å². The third-order valence-corrected chi connectivity index (χ3v) is 2.28. The van der Waals surface area contributed by atoms with Crippen molar-refractivity contribution in [2.45, 2.75) is 26.2 Å². The third kappa shape index (κ3) is 4.22. The van der Waals surface area contributed by atoms with E-state index in [2.05, 4.69) is 0 Å². The molecule has 0 bridgehead atoms. The Morgan fingerprint density at radius 3 is 2.44 bits per heavy atom. The standard InChI is InChI=1S/C14H16O2/c1-2-7-13(15)10-6-11-14(16)12-8-4-3-5-9-12/h2-5,7-9H,6,10-11H2,1H3/b7-2+. The van der Waals surface area contributed by atoms with Crippen molar-refractivity contribution < 1.29 is 9.59 Å². The molecule has 2 heteroatoms. The van der Waals surface area contributed by atoms with Gasteiger partial charge in [-0.05, 0) is 19.4 Å². The van der Waals surface area contributed by atoms with Crippen molar-refractivity contribution in [3.63, 3.8) is 0 Å². The first-order valence-electron chi connectivity index (χ1n) is 5.48. The molecule has 0 radical (unpaired) electrons. The van der Waals surface area contributed by atoms with Crippen LogP contribution in [-0.2, 0) is 4.79 Å². The molecule has 0 N–H and O–H groups in total. The molecule has 0 spiro atoms. The quantitative estimate of drug-likeness (QED) is 0.540. The monoisotopic (exact) mass is 216 g/mol. The van der Waals surface area contributed by atoms with Gasteiger partial charge in [0.15, 0.2) is 11.6 Å². The smallest absolute Gasteiger partial charge is 0.162 e. The van der Waals surface area contributed by atoms with Gasteiger partial charge in [0.1, 0.15) is 0 Å². The van der Waals surface area contributed by atoms with Gasteiger partial charge in [0.25, 0.3) is 0 Å². The van der Waals surface area contributed by atoms with Crippen LogP contribution in [0.25, 0.3) is 0 Å². The molecule has 0 aromatic heterocycles. The van der Waals surface area contributed by atoms with Gasteiger partial charge in [0.2, 0.25) is 0 Å². The van der Waals surface area contributed by atoms with Crippen LogP contribution in [0.4, 0.5) is 0 Å². The first-order valence-corrected chi connectivity index (χ1v) is 5.48. The Labute approximate surface area is 96.0 Å². The molecule has 0 atom stereocenters. The molecule has 0 saturated carbocycles. The summed E-state index contributed by atoms with van der Waals surface area (Å²) in [7, 11) is 0. The van der Waals surface area contributed by atoms with Gasteiger partial charge in [-0.15, -0.1) is 0 Å². The Bertz CT molecular complexity index is 377. The summed E-state index contributed by atoms with van der Waals surface area (Å²) in [4.78, 5) is 22.8. The zero-order chi connectivity index (χ0) is 11.8. The maximum absolute atomic E-state index is 11.7. The Morgan fingerprint density at radius 1 is 1.12 bits per heavy atom. The summed E-state index contributed by atoms with van der Waals surface area (Å²) >= 11 is 0. The maximum Gasteiger partial charge on any atom is 0.162 e. The zero-order valence-corrected chi connectivity index (χ0v) is 9.48. The molecule has 16 heavy (non-hydrogen) atoms. The molecule has 84 valence electrons. The molecular formula is C14H16O2. The summed E-state index contributed by atoms with van der Waals surface area (Å²) in [6, 6.07) is 9.18. The molecule has 1 aromatic carbocycles. The highest BCUT2D eigenvalue weighted by molar-refractivity contribution is 5.96. The Morgan fingerprint density at radius 2 is 1.81 bits per heavy atom. The Kier molecular flexibility index (Phi) is 5.20. The van der Waals surface area contributed by atoms with Gasteiger partial charge in [-0.1, -0.05) is 36.4 Å². The van der Waals surface area contributed by atoms with Gasteiger partial charge >= 0.3 is 0 Å². The van der Waals surface area contributed by atoms with Crippen LogP contribution in [0.15, 0.2) is 42.5 Å². The summed E-state index contributed by atoms with van der Waals surface area (Å²) in [5.74, 6) is 0.192. The van der Waals surface area contributed by atoms with E-state index in [0.717, 1.165) is 5.56 Å². The van der Waals surface area contributed by atoms with Crippen LogP contribution in [-0.4, -0.2) is 11.6 Å². The fraction of sp³-hybridized carbons (Fsp3) is 0.286. The maximum atomic E-state index is 11.7. The van der Waals surface area contributed by atoms with Crippen molar-refractivity contribution >= 4 is 11.6 Å². The number of carbonyl (C=O) groups excluding carboxylic acids is 2. The molecule has 0 aliphatic rings. The lowest BCUT2D eigenvalue weighted by atomic mass is 10.0. The molecule has 1 rings (SSSR count). The van der Waals surface area contributed by atoms with E-state index in [1.807, 2.05) is 25.1 Å². The van der Waals surface area contributed by atoms with E-state index in [4.69, 9.17) is 0 Å². The molecule has 0 heterocycles.